The van der Waals surface area contributed by atoms with E-state index < -0.39 is 41.7 Å². The van der Waals surface area contributed by atoms with Gasteiger partial charge < -0.3 is 15.4 Å². The van der Waals surface area contributed by atoms with E-state index in [1.807, 2.05) is 6.07 Å². The van der Waals surface area contributed by atoms with E-state index in [0.29, 0.717) is 16.9 Å². The lowest BCUT2D eigenvalue weighted by Crippen LogP contribution is -2.54. The fourth-order valence-electron chi connectivity index (χ4n) is 4.90. The third kappa shape index (κ3) is 5.20. The highest BCUT2D eigenvalue weighted by atomic mass is 16.5. The Kier molecular flexibility index (Phi) is 7.18. The molecule has 12 heteroatoms. The van der Waals surface area contributed by atoms with Crippen LogP contribution in [0.4, 0.5) is 10.5 Å². The van der Waals surface area contributed by atoms with Crippen molar-refractivity contribution in [3.8, 4) is 22.9 Å². The van der Waals surface area contributed by atoms with Crippen molar-refractivity contribution < 1.29 is 28.7 Å². The molecule has 206 valence electrons. The van der Waals surface area contributed by atoms with Gasteiger partial charge in [-0.1, -0.05) is 12.1 Å². The van der Waals surface area contributed by atoms with E-state index in [2.05, 4.69) is 27.0 Å². The zero-order chi connectivity index (χ0) is 29.3. The molecule has 41 heavy (non-hydrogen) atoms. The van der Waals surface area contributed by atoms with Gasteiger partial charge in [0.25, 0.3) is 11.8 Å². The number of pyridine rings is 1. The zero-order valence-electron chi connectivity index (χ0n) is 22.1. The van der Waals surface area contributed by atoms with E-state index in [-0.39, 0.29) is 29.7 Å². The molecule has 1 aromatic heterocycles. The van der Waals surface area contributed by atoms with E-state index in [9.17, 15) is 24.0 Å². The van der Waals surface area contributed by atoms with E-state index >= 15 is 0 Å². The third-order valence-corrected chi connectivity index (χ3v) is 6.95. The van der Waals surface area contributed by atoms with E-state index in [1.165, 1.54) is 31.5 Å². The number of anilines is 1. The summed E-state index contributed by atoms with van der Waals surface area (Å²) in [7, 11) is 1.51. The van der Waals surface area contributed by atoms with Crippen LogP contribution < -0.4 is 20.7 Å². The number of imide groups is 2. The van der Waals surface area contributed by atoms with Crippen LogP contribution in [0, 0.1) is 11.3 Å². The molecule has 2 aliphatic heterocycles. The standard InChI is InChI=1S/C29H24N6O6/c1-15(20-5-3-17(10-24(20)41-2)18-9-16(12-30)13-31-14-18)32-29(40)33-19-4-6-21-22(11-19)28(39)35(27(21)38)23-7-8-25(36)34-26(23)37/h3-6,9-11,13-15,23H,7-8H2,1-2H3,(H2,32,33,40)(H,34,36,37). The Morgan fingerprint density at radius 3 is 2.59 bits per heavy atom. The topological polar surface area (TPSA) is 171 Å². The van der Waals surface area contributed by atoms with Crippen molar-refractivity contribution in [3.05, 3.63) is 77.1 Å². The van der Waals surface area contributed by atoms with Gasteiger partial charge in [-0.2, -0.15) is 5.26 Å². The number of nitrogens with zero attached hydrogens (tertiary/aromatic N) is 3. The molecular weight excluding hydrogens is 528 g/mol. The molecule has 0 radical (unpaired) electrons. The first kappa shape index (κ1) is 27.0. The molecule has 3 heterocycles. The van der Waals surface area contributed by atoms with Gasteiger partial charge in [0.15, 0.2) is 0 Å². The second-order valence-electron chi connectivity index (χ2n) is 9.56. The maximum Gasteiger partial charge on any atom is 0.319 e. The summed E-state index contributed by atoms with van der Waals surface area (Å²) in [5, 5.41) is 16.8. The van der Waals surface area contributed by atoms with Gasteiger partial charge in [-0.05, 0) is 49.2 Å². The summed E-state index contributed by atoms with van der Waals surface area (Å²) in [5.41, 5.74) is 3.09. The summed E-state index contributed by atoms with van der Waals surface area (Å²) >= 11 is 0. The lowest BCUT2D eigenvalue weighted by atomic mass is 10.0. The molecule has 2 aliphatic rings. The van der Waals surface area contributed by atoms with Crippen LogP contribution in [0.15, 0.2) is 54.9 Å². The van der Waals surface area contributed by atoms with Gasteiger partial charge in [0, 0.05) is 35.6 Å². The van der Waals surface area contributed by atoms with Crippen LogP contribution in [-0.2, 0) is 9.59 Å². The predicted molar refractivity (Wildman–Crippen MR) is 145 cm³/mol. The van der Waals surface area contributed by atoms with Crippen LogP contribution in [0.1, 0.15) is 57.7 Å². The van der Waals surface area contributed by atoms with Crippen LogP contribution in [0.5, 0.6) is 5.75 Å². The minimum atomic E-state index is -1.08. The molecule has 1 saturated heterocycles. The highest BCUT2D eigenvalue weighted by molar-refractivity contribution is 6.23. The smallest absolute Gasteiger partial charge is 0.319 e. The highest BCUT2D eigenvalue weighted by Gasteiger charge is 2.44. The number of methoxy groups -OCH3 is 1. The first-order valence-corrected chi connectivity index (χ1v) is 12.7. The third-order valence-electron chi connectivity index (χ3n) is 6.95. The van der Waals surface area contributed by atoms with E-state index in [4.69, 9.17) is 10.00 Å². The number of nitriles is 1. The Labute approximate surface area is 234 Å². The van der Waals surface area contributed by atoms with Crippen molar-refractivity contribution in [2.24, 2.45) is 0 Å². The van der Waals surface area contributed by atoms with Gasteiger partial charge in [0.2, 0.25) is 11.8 Å². The number of ether oxygens (including phenoxy) is 1. The molecule has 2 aromatic carbocycles. The second kappa shape index (κ2) is 10.9. The normalized spacial score (nSPS) is 16.9. The fourth-order valence-corrected chi connectivity index (χ4v) is 4.90. The number of urea groups is 1. The van der Waals surface area contributed by atoms with Gasteiger partial charge in [-0.3, -0.25) is 34.4 Å². The number of piperidine rings is 1. The summed E-state index contributed by atoms with van der Waals surface area (Å²) < 4.78 is 5.55. The molecular formula is C29H24N6O6. The first-order valence-electron chi connectivity index (χ1n) is 12.7. The number of hydrogen-bond donors (Lipinski definition) is 3. The monoisotopic (exact) mass is 552 g/mol. The zero-order valence-corrected chi connectivity index (χ0v) is 22.1. The van der Waals surface area contributed by atoms with Crippen molar-refractivity contribution >= 4 is 35.3 Å². The Hall–Kier alpha value is -5.57. The van der Waals surface area contributed by atoms with Crippen molar-refractivity contribution in [3.63, 3.8) is 0 Å². The van der Waals surface area contributed by atoms with Crippen molar-refractivity contribution in [1.82, 2.24) is 20.5 Å². The molecule has 0 aliphatic carbocycles. The Morgan fingerprint density at radius 2 is 1.85 bits per heavy atom. The van der Waals surface area contributed by atoms with Crippen LogP contribution in [0.2, 0.25) is 0 Å². The summed E-state index contributed by atoms with van der Waals surface area (Å²) in [6, 6.07) is 11.4. The van der Waals surface area contributed by atoms with Crippen LogP contribution in [-0.4, -0.2) is 52.7 Å². The number of carbonyl (C=O) groups is 5. The number of amides is 6. The average Bonchev–Trinajstić information content (AvgIpc) is 3.21. The molecule has 0 saturated carbocycles. The van der Waals surface area contributed by atoms with E-state index in [1.54, 1.807) is 31.3 Å². The number of hydrogen-bond acceptors (Lipinski definition) is 8. The quantitative estimate of drug-likeness (QED) is 0.392. The largest absolute Gasteiger partial charge is 0.496 e. The van der Waals surface area contributed by atoms with Crippen LogP contribution in [0.3, 0.4) is 0 Å². The highest BCUT2D eigenvalue weighted by Crippen LogP contribution is 2.32. The van der Waals surface area contributed by atoms with Crippen molar-refractivity contribution in [2.45, 2.75) is 31.8 Å². The Morgan fingerprint density at radius 1 is 1.07 bits per heavy atom. The summed E-state index contributed by atoms with van der Waals surface area (Å²) in [4.78, 5) is 67.5. The number of benzene rings is 2. The maximum atomic E-state index is 13.0. The lowest BCUT2D eigenvalue weighted by Gasteiger charge is -2.27. The lowest BCUT2D eigenvalue weighted by molar-refractivity contribution is -0.136. The van der Waals surface area contributed by atoms with Crippen LogP contribution >= 0.6 is 0 Å². The van der Waals surface area contributed by atoms with Gasteiger partial charge in [0.1, 0.15) is 17.9 Å². The molecule has 1 fully saturated rings. The SMILES string of the molecule is COc1cc(-c2cncc(C#N)c2)ccc1C(C)NC(=O)Nc1ccc2c(c1)C(=O)N(C1CCC(=O)NC1=O)C2=O. The van der Waals surface area contributed by atoms with Gasteiger partial charge in [-0.15, -0.1) is 0 Å². The van der Waals surface area contributed by atoms with Gasteiger partial charge in [0.05, 0.1) is 29.8 Å². The molecule has 0 bridgehead atoms. The minimum absolute atomic E-state index is 0.0219. The average molecular weight is 553 g/mol. The minimum Gasteiger partial charge on any atom is -0.496 e. The number of fused-ring (bicyclic) bond motifs is 1. The molecule has 12 nitrogen and oxygen atoms in total. The summed E-state index contributed by atoms with van der Waals surface area (Å²) in [5.74, 6) is -1.93. The second-order valence-corrected chi connectivity index (χ2v) is 9.56. The number of carbonyl (C=O) groups excluding carboxylic acids is 5. The maximum absolute atomic E-state index is 13.0. The number of rotatable bonds is 6. The van der Waals surface area contributed by atoms with Crippen molar-refractivity contribution in [1.29, 1.82) is 5.26 Å². The Balaban J connectivity index is 1.28. The molecule has 2 atom stereocenters. The number of aromatic nitrogens is 1. The molecule has 5 rings (SSSR count). The Bertz CT molecular complexity index is 1660. The molecule has 3 N–H and O–H groups in total. The first-order chi connectivity index (χ1) is 19.7. The fraction of sp³-hybridized carbons (Fsp3) is 0.207. The molecule has 0 spiro atoms. The number of nitrogens with one attached hydrogen (secondary N) is 3. The van der Waals surface area contributed by atoms with Crippen molar-refractivity contribution in [2.75, 3.05) is 12.4 Å². The predicted octanol–water partition coefficient (Wildman–Crippen LogP) is 2.91. The summed E-state index contributed by atoms with van der Waals surface area (Å²) in [6.07, 6.45) is 3.19. The molecule has 6 amide bonds. The van der Waals surface area contributed by atoms with Gasteiger partial charge >= 0.3 is 6.03 Å². The molecule has 3 aromatic rings. The molecule has 2 unspecified atom stereocenters. The van der Waals surface area contributed by atoms with E-state index in [0.717, 1.165) is 16.0 Å². The van der Waals surface area contributed by atoms with Crippen LogP contribution in [0.25, 0.3) is 11.1 Å². The summed E-state index contributed by atoms with van der Waals surface area (Å²) in [6.45, 7) is 1.78. The van der Waals surface area contributed by atoms with Gasteiger partial charge in [-0.25, -0.2) is 4.79 Å².